The molecule has 0 bridgehead atoms. The third-order valence-electron chi connectivity index (χ3n) is 15.7. The quantitative estimate of drug-likeness (QED) is 0.135. The summed E-state index contributed by atoms with van der Waals surface area (Å²) in [6.45, 7) is 0. The third-order valence-corrected chi connectivity index (χ3v) is 16.9. The summed E-state index contributed by atoms with van der Waals surface area (Å²) >= 11 is 1.85. The Morgan fingerprint density at radius 3 is 1.95 bits per heavy atom. The van der Waals surface area contributed by atoms with Crippen LogP contribution in [0.5, 0.6) is 5.75 Å². The van der Waals surface area contributed by atoms with E-state index in [1.54, 1.807) is 6.07 Å². The molecule has 3 N–H and O–H groups in total. The van der Waals surface area contributed by atoms with E-state index in [0.29, 0.717) is 0 Å². The summed E-state index contributed by atoms with van der Waals surface area (Å²) in [5.41, 5.74) is 18.5. The number of rotatable bonds is 9. The van der Waals surface area contributed by atoms with E-state index < -0.39 is 6.10 Å². The third kappa shape index (κ3) is 7.80. The smallest absolute Gasteiger partial charge is 0.135 e. The van der Waals surface area contributed by atoms with Gasteiger partial charge in [-0.15, -0.1) is 11.3 Å². The topological polar surface area (TPSA) is 70.6 Å². The van der Waals surface area contributed by atoms with Crippen LogP contribution in [0.1, 0.15) is 11.5 Å². The molecule has 2 atom stereocenters. The summed E-state index contributed by atoms with van der Waals surface area (Å²) in [4.78, 5) is 0. The fourth-order valence-electron chi connectivity index (χ4n) is 11.9. The van der Waals surface area contributed by atoms with Crippen LogP contribution in [0, 0.1) is 0 Å². The molecule has 1 aliphatic rings. The van der Waals surface area contributed by atoms with Gasteiger partial charge in [-0.2, -0.15) is 0 Å². The zero-order valence-corrected chi connectivity index (χ0v) is 43.0. The van der Waals surface area contributed by atoms with Gasteiger partial charge in [0.05, 0.1) is 17.1 Å². The normalized spacial score (nSPS) is 14.6. The number of nitrogens with zero attached hydrogens (tertiary/aromatic N) is 1. The molecule has 3 heterocycles. The molecule has 14 aromatic rings. The average Bonchev–Trinajstić information content (AvgIpc) is 4.19. The highest BCUT2D eigenvalue weighted by Crippen LogP contribution is 2.46. The number of aliphatic hydroxyl groups is 1. The van der Waals surface area contributed by atoms with Crippen molar-refractivity contribution in [2.45, 2.75) is 12.0 Å². The van der Waals surface area contributed by atoms with E-state index in [0.717, 1.165) is 111 Å². The van der Waals surface area contributed by atoms with Crippen molar-refractivity contribution in [3.63, 3.8) is 0 Å². The molecule has 2 unspecified atom stereocenters. The minimum atomic E-state index is -0.596. The zero-order valence-electron chi connectivity index (χ0n) is 42.1. The minimum absolute atomic E-state index is 0.148. The highest BCUT2D eigenvalue weighted by atomic mass is 32.1. The maximum atomic E-state index is 11.1. The lowest BCUT2D eigenvalue weighted by molar-refractivity contribution is 0.206. The zero-order chi connectivity index (χ0) is 51.8. The van der Waals surface area contributed by atoms with Gasteiger partial charge in [0.25, 0.3) is 0 Å². The van der Waals surface area contributed by atoms with Crippen LogP contribution in [-0.4, -0.2) is 20.9 Å². The Balaban J connectivity index is 0.806. The van der Waals surface area contributed by atoms with Gasteiger partial charge in [0.1, 0.15) is 16.9 Å². The van der Waals surface area contributed by atoms with E-state index >= 15 is 0 Å². The van der Waals surface area contributed by atoms with Crippen LogP contribution >= 0.6 is 11.3 Å². The Morgan fingerprint density at radius 2 is 1.09 bits per heavy atom. The number of aromatic hydroxyl groups is 1. The molecule has 11 aromatic carbocycles. The van der Waals surface area contributed by atoms with Crippen molar-refractivity contribution in [3.05, 3.63) is 266 Å². The van der Waals surface area contributed by atoms with Crippen LogP contribution in [-0.2, 0) is 0 Å². The van der Waals surface area contributed by atoms with Gasteiger partial charge in [0.15, 0.2) is 0 Å². The van der Waals surface area contributed by atoms with Crippen LogP contribution in [0.4, 0.5) is 11.4 Å². The number of furan rings is 1. The van der Waals surface area contributed by atoms with Crippen LogP contribution in [0.3, 0.4) is 0 Å². The molecular formula is C72H48N2O3S. The van der Waals surface area contributed by atoms with Crippen molar-refractivity contribution in [2.24, 2.45) is 0 Å². The van der Waals surface area contributed by atoms with E-state index in [4.69, 9.17) is 4.42 Å². The van der Waals surface area contributed by atoms with Crippen LogP contribution < -0.4 is 5.32 Å². The number of allylic oxidation sites excluding steroid dienone is 2. The molecule has 0 saturated heterocycles. The molecule has 0 fully saturated rings. The molecule has 6 heteroatoms. The monoisotopic (exact) mass is 1020 g/mol. The molecule has 1 aliphatic carbocycles. The number of anilines is 2. The maximum absolute atomic E-state index is 11.1. The number of thiophene rings is 1. The van der Waals surface area contributed by atoms with Crippen molar-refractivity contribution >= 4 is 92.3 Å². The molecule has 0 saturated carbocycles. The van der Waals surface area contributed by atoms with E-state index in [1.165, 1.54) is 30.9 Å². The second-order valence-corrected chi connectivity index (χ2v) is 21.4. The fraction of sp³-hybridized carbons (Fsp3) is 0.0278. The first kappa shape index (κ1) is 45.7. The van der Waals surface area contributed by atoms with Gasteiger partial charge in [-0.1, -0.05) is 164 Å². The van der Waals surface area contributed by atoms with Crippen molar-refractivity contribution in [2.75, 3.05) is 5.32 Å². The summed E-state index contributed by atoms with van der Waals surface area (Å²) in [6.07, 6.45) is 5.62. The number of phenols is 1. The number of phenolic OH excluding ortho intramolecular Hbond substituents is 1. The number of aliphatic hydroxyl groups excluding tert-OH is 1. The number of hydrogen-bond acceptors (Lipinski definition) is 5. The predicted molar refractivity (Wildman–Crippen MR) is 327 cm³/mol. The van der Waals surface area contributed by atoms with Gasteiger partial charge in [-0.25, -0.2) is 0 Å². The van der Waals surface area contributed by atoms with Gasteiger partial charge in [-0.05, 0) is 147 Å². The highest BCUT2D eigenvalue weighted by Gasteiger charge is 2.25. The molecule has 0 aliphatic heterocycles. The summed E-state index contributed by atoms with van der Waals surface area (Å²) < 4.78 is 11.1. The lowest BCUT2D eigenvalue weighted by Gasteiger charge is -2.23. The molecule has 5 nitrogen and oxygen atoms in total. The summed E-state index contributed by atoms with van der Waals surface area (Å²) in [5, 5.41) is 33.2. The Bertz CT molecular complexity index is 4750. The fourth-order valence-corrected chi connectivity index (χ4v) is 13.1. The van der Waals surface area contributed by atoms with Crippen molar-refractivity contribution in [3.8, 4) is 61.4 Å². The Labute approximate surface area is 454 Å². The van der Waals surface area contributed by atoms with Gasteiger partial charge < -0.3 is 24.5 Å². The Kier molecular flexibility index (Phi) is 10.8. The predicted octanol–water partition coefficient (Wildman–Crippen LogP) is 19.4. The lowest BCUT2D eigenvalue weighted by atomic mass is 9.89. The largest absolute Gasteiger partial charge is 0.507 e. The number of nitrogens with one attached hydrogen (secondary N) is 1. The minimum Gasteiger partial charge on any atom is -0.507 e. The summed E-state index contributed by atoms with van der Waals surface area (Å²) in [5.74, 6) is 0.0988. The molecular weight excluding hydrogens is 973 g/mol. The molecule has 0 spiro atoms. The Morgan fingerprint density at radius 1 is 0.449 bits per heavy atom. The van der Waals surface area contributed by atoms with Crippen molar-refractivity contribution in [1.82, 2.24) is 4.57 Å². The molecule has 0 radical (unpaired) electrons. The first-order valence-corrected chi connectivity index (χ1v) is 27.2. The number of para-hydroxylation sites is 2. The summed E-state index contributed by atoms with van der Waals surface area (Å²) in [6, 6.07) is 85.1. The highest BCUT2D eigenvalue weighted by molar-refractivity contribution is 7.26. The number of aromatic nitrogens is 1. The van der Waals surface area contributed by atoms with Crippen molar-refractivity contribution < 1.29 is 14.6 Å². The SMILES string of the molecule is Oc1ccc(-c2ccc(Nc3cccc(-c4ccc5sc6c(ccc7c6c6ccccc6n7C6=CC(c7ccccc7)C(O)C=C6)c5c4)c3)c(-c3cccc(-c4ccc5oc6ccccc6c5c4)c3)c2)cc1-c1ccccc1. The van der Waals surface area contributed by atoms with E-state index in [2.05, 4.69) is 192 Å². The second-order valence-electron chi connectivity index (χ2n) is 20.3. The number of fused-ring (bicyclic) bond motifs is 10. The van der Waals surface area contributed by atoms with Gasteiger partial charge in [-0.3, -0.25) is 0 Å². The van der Waals surface area contributed by atoms with E-state index in [1.807, 2.05) is 84.1 Å². The van der Waals surface area contributed by atoms with E-state index in [9.17, 15) is 10.2 Å². The lowest BCUT2D eigenvalue weighted by Crippen LogP contribution is -2.18. The molecule has 3 aromatic heterocycles. The summed E-state index contributed by atoms with van der Waals surface area (Å²) in [7, 11) is 0. The molecule has 15 rings (SSSR count). The molecule has 0 amide bonds. The van der Waals surface area contributed by atoms with Gasteiger partial charge >= 0.3 is 0 Å². The van der Waals surface area contributed by atoms with Crippen LogP contribution in [0.25, 0.3) is 125 Å². The number of hydrogen-bond donors (Lipinski definition) is 3. The van der Waals surface area contributed by atoms with Crippen LogP contribution in [0.2, 0.25) is 0 Å². The van der Waals surface area contributed by atoms with Crippen LogP contribution in [0.15, 0.2) is 265 Å². The first-order chi connectivity index (χ1) is 38.5. The number of benzene rings is 11. The van der Waals surface area contributed by atoms with Crippen molar-refractivity contribution in [1.29, 1.82) is 0 Å². The standard InChI is InChI=1S/C72H48N2O3S/c75-66-33-26-49(40-59(66)44-13-3-1-4-14-44)48-25-31-63(58(39-48)52-19-11-17-46(37-52)50-27-35-69-61(41-50)55-21-8-10-24-68(55)77-69)73-53-20-12-18-47(38-53)51-28-36-70-62(42-51)56-30-32-65-71(72(56)78-70)57-22-7-9-23-64(57)74(65)54-29-34-67(76)60(43-54)45-15-5-2-6-16-45/h1-43,60,67,73,75-76H. The van der Waals surface area contributed by atoms with E-state index in [-0.39, 0.29) is 11.7 Å². The molecule has 78 heavy (non-hydrogen) atoms. The molecule has 370 valence electrons. The maximum Gasteiger partial charge on any atom is 0.135 e. The average molecular weight is 1020 g/mol. The Hall–Kier alpha value is -9.72. The second kappa shape index (κ2) is 18.5. The first-order valence-electron chi connectivity index (χ1n) is 26.4. The van der Waals surface area contributed by atoms with Gasteiger partial charge in [0, 0.05) is 75.8 Å². The van der Waals surface area contributed by atoms with Gasteiger partial charge in [0.2, 0.25) is 0 Å².